The second kappa shape index (κ2) is 5.03. The SMILES string of the molecule is CCSCOC(C)(C)CC. The summed E-state index contributed by atoms with van der Waals surface area (Å²) < 4.78 is 5.58. The topological polar surface area (TPSA) is 9.23 Å². The van der Waals surface area contributed by atoms with Gasteiger partial charge in [-0.15, -0.1) is 11.8 Å². The fourth-order valence-corrected chi connectivity index (χ4v) is 0.956. The molecule has 0 spiro atoms. The van der Waals surface area contributed by atoms with Crippen molar-refractivity contribution in [2.24, 2.45) is 0 Å². The van der Waals surface area contributed by atoms with Gasteiger partial charge in [0.25, 0.3) is 0 Å². The summed E-state index contributed by atoms with van der Waals surface area (Å²) >= 11 is 1.83. The summed E-state index contributed by atoms with van der Waals surface area (Å²) in [5.41, 5.74) is 0.0716. The summed E-state index contributed by atoms with van der Waals surface area (Å²) in [5, 5.41) is 0. The molecular formula is C8H18OS. The third-order valence-corrected chi connectivity index (χ3v) is 2.28. The number of hydrogen-bond donors (Lipinski definition) is 0. The lowest BCUT2D eigenvalue weighted by atomic mass is 10.1. The van der Waals surface area contributed by atoms with E-state index in [4.69, 9.17) is 4.74 Å². The van der Waals surface area contributed by atoms with Crippen molar-refractivity contribution in [2.75, 3.05) is 11.7 Å². The van der Waals surface area contributed by atoms with Crippen molar-refractivity contribution in [1.29, 1.82) is 0 Å². The molecule has 0 radical (unpaired) electrons. The summed E-state index contributed by atoms with van der Waals surface area (Å²) in [6, 6.07) is 0. The maximum Gasteiger partial charge on any atom is 0.0928 e. The molecule has 0 unspecified atom stereocenters. The summed E-state index contributed by atoms with van der Waals surface area (Å²) in [4.78, 5) is 0. The molecule has 62 valence electrons. The van der Waals surface area contributed by atoms with Crippen LogP contribution in [0, 0.1) is 0 Å². The van der Waals surface area contributed by atoms with Gasteiger partial charge in [-0.1, -0.05) is 13.8 Å². The van der Waals surface area contributed by atoms with Crippen molar-refractivity contribution in [3.8, 4) is 0 Å². The Morgan fingerprint density at radius 1 is 1.30 bits per heavy atom. The predicted molar refractivity (Wildman–Crippen MR) is 48.5 cm³/mol. The van der Waals surface area contributed by atoms with Crippen LogP contribution in [0.1, 0.15) is 34.1 Å². The number of hydrogen-bond acceptors (Lipinski definition) is 2. The molecule has 2 heteroatoms. The summed E-state index contributed by atoms with van der Waals surface area (Å²) in [6.07, 6.45) is 1.08. The minimum absolute atomic E-state index is 0.0716. The van der Waals surface area contributed by atoms with E-state index < -0.39 is 0 Å². The Labute approximate surface area is 68.5 Å². The quantitative estimate of drug-likeness (QED) is 0.454. The normalized spacial score (nSPS) is 12.0. The van der Waals surface area contributed by atoms with E-state index in [1.165, 1.54) is 0 Å². The highest BCUT2D eigenvalue weighted by Gasteiger charge is 2.13. The molecular weight excluding hydrogens is 144 g/mol. The average Bonchev–Trinajstić information content (AvgIpc) is 1.89. The van der Waals surface area contributed by atoms with Crippen LogP contribution in [0.2, 0.25) is 0 Å². The molecule has 0 rings (SSSR count). The Morgan fingerprint density at radius 2 is 1.90 bits per heavy atom. The minimum Gasteiger partial charge on any atom is -0.365 e. The molecule has 0 aromatic rings. The van der Waals surface area contributed by atoms with Gasteiger partial charge in [-0.2, -0.15) is 0 Å². The first-order valence-corrected chi connectivity index (χ1v) is 4.99. The van der Waals surface area contributed by atoms with Crippen molar-refractivity contribution >= 4 is 11.8 Å². The molecule has 0 aliphatic carbocycles. The third kappa shape index (κ3) is 5.12. The van der Waals surface area contributed by atoms with Crippen LogP contribution in [-0.2, 0) is 4.74 Å². The van der Waals surface area contributed by atoms with E-state index in [0.29, 0.717) is 0 Å². The third-order valence-electron chi connectivity index (χ3n) is 1.59. The maximum absolute atomic E-state index is 5.58. The van der Waals surface area contributed by atoms with Gasteiger partial charge in [-0.25, -0.2) is 0 Å². The Bertz CT molecular complexity index is 81.3. The molecule has 0 amide bonds. The minimum atomic E-state index is 0.0716. The lowest BCUT2D eigenvalue weighted by Crippen LogP contribution is -2.22. The fraction of sp³-hybridized carbons (Fsp3) is 1.00. The van der Waals surface area contributed by atoms with Crippen molar-refractivity contribution in [2.45, 2.75) is 39.7 Å². The zero-order chi connectivity index (χ0) is 8.04. The molecule has 0 saturated heterocycles. The Kier molecular flexibility index (Phi) is 5.18. The van der Waals surface area contributed by atoms with Gasteiger partial charge >= 0.3 is 0 Å². The van der Waals surface area contributed by atoms with Gasteiger partial charge in [0.2, 0.25) is 0 Å². The summed E-state index contributed by atoms with van der Waals surface area (Å²) in [6.45, 7) is 8.55. The summed E-state index contributed by atoms with van der Waals surface area (Å²) in [7, 11) is 0. The first-order chi connectivity index (χ1) is 4.62. The van der Waals surface area contributed by atoms with E-state index >= 15 is 0 Å². The molecule has 1 nitrogen and oxygen atoms in total. The number of thioether (sulfide) groups is 1. The molecule has 0 aliphatic heterocycles. The standard InChI is InChI=1S/C8H18OS/c1-5-8(3,4)9-7-10-6-2/h5-7H2,1-4H3. The van der Waals surface area contributed by atoms with E-state index in [2.05, 4.69) is 27.7 Å². The van der Waals surface area contributed by atoms with E-state index in [1.54, 1.807) is 0 Å². The van der Waals surface area contributed by atoms with Crippen LogP contribution in [0.25, 0.3) is 0 Å². The zero-order valence-corrected chi connectivity index (χ0v) is 8.25. The van der Waals surface area contributed by atoms with Gasteiger partial charge in [0, 0.05) is 0 Å². The Hall–Kier alpha value is 0.310. The largest absolute Gasteiger partial charge is 0.365 e. The summed E-state index contributed by atoms with van der Waals surface area (Å²) in [5.74, 6) is 1.97. The average molecular weight is 162 g/mol. The van der Waals surface area contributed by atoms with Gasteiger partial charge in [0.05, 0.1) is 11.5 Å². The van der Waals surface area contributed by atoms with Gasteiger partial charge in [-0.3, -0.25) is 0 Å². The van der Waals surface area contributed by atoms with Gasteiger partial charge in [0.1, 0.15) is 0 Å². The first-order valence-electron chi connectivity index (χ1n) is 3.84. The Balaban J connectivity index is 3.28. The zero-order valence-electron chi connectivity index (χ0n) is 7.44. The molecule has 0 atom stereocenters. The molecule has 0 aliphatic rings. The van der Waals surface area contributed by atoms with Crippen LogP contribution in [0.4, 0.5) is 0 Å². The van der Waals surface area contributed by atoms with E-state index in [0.717, 1.165) is 18.1 Å². The van der Waals surface area contributed by atoms with Crippen LogP contribution in [0.15, 0.2) is 0 Å². The second-order valence-corrected chi connectivity index (χ2v) is 4.09. The maximum atomic E-state index is 5.58. The number of rotatable bonds is 5. The van der Waals surface area contributed by atoms with Crippen molar-refractivity contribution in [3.05, 3.63) is 0 Å². The van der Waals surface area contributed by atoms with Crippen LogP contribution in [0.5, 0.6) is 0 Å². The lowest BCUT2D eigenvalue weighted by Gasteiger charge is -2.22. The van der Waals surface area contributed by atoms with Crippen LogP contribution >= 0.6 is 11.8 Å². The highest BCUT2D eigenvalue weighted by Crippen LogP contribution is 2.15. The monoisotopic (exact) mass is 162 g/mol. The van der Waals surface area contributed by atoms with Crippen molar-refractivity contribution in [3.63, 3.8) is 0 Å². The second-order valence-electron chi connectivity index (χ2n) is 2.87. The van der Waals surface area contributed by atoms with Crippen molar-refractivity contribution < 1.29 is 4.74 Å². The highest BCUT2D eigenvalue weighted by molar-refractivity contribution is 7.99. The van der Waals surface area contributed by atoms with Crippen molar-refractivity contribution in [1.82, 2.24) is 0 Å². The molecule has 10 heavy (non-hydrogen) atoms. The van der Waals surface area contributed by atoms with Gasteiger partial charge in [0.15, 0.2) is 0 Å². The fourth-order valence-electron chi connectivity index (χ4n) is 0.387. The molecule has 0 bridgehead atoms. The van der Waals surface area contributed by atoms with Gasteiger partial charge < -0.3 is 4.74 Å². The Morgan fingerprint density at radius 3 is 2.30 bits per heavy atom. The molecule has 0 N–H and O–H groups in total. The molecule has 0 aromatic carbocycles. The number of ether oxygens (including phenoxy) is 1. The predicted octanol–water partition coefficient (Wildman–Crippen LogP) is 2.90. The van der Waals surface area contributed by atoms with Crippen LogP contribution in [0.3, 0.4) is 0 Å². The molecule has 0 aromatic heterocycles. The van der Waals surface area contributed by atoms with Gasteiger partial charge in [-0.05, 0) is 26.0 Å². The molecule has 0 fully saturated rings. The van der Waals surface area contributed by atoms with E-state index in [-0.39, 0.29) is 5.60 Å². The van der Waals surface area contributed by atoms with E-state index in [1.807, 2.05) is 11.8 Å². The van der Waals surface area contributed by atoms with Crippen LogP contribution < -0.4 is 0 Å². The lowest BCUT2D eigenvalue weighted by molar-refractivity contribution is 0.00941. The highest BCUT2D eigenvalue weighted by atomic mass is 32.2. The van der Waals surface area contributed by atoms with Crippen LogP contribution in [-0.4, -0.2) is 17.3 Å². The van der Waals surface area contributed by atoms with E-state index in [9.17, 15) is 0 Å². The smallest absolute Gasteiger partial charge is 0.0928 e. The molecule has 0 saturated carbocycles. The first kappa shape index (κ1) is 10.3. The molecule has 0 heterocycles.